The molecule has 6 heteroatoms. The number of aromatic nitrogens is 1. The minimum atomic E-state index is -0.318. The zero-order valence-corrected chi connectivity index (χ0v) is 15.5. The summed E-state index contributed by atoms with van der Waals surface area (Å²) < 4.78 is 19.6. The number of thiazole rings is 1. The molecule has 0 aliphatic rings. The van der Waals surface area contributed by atoms with Gasteiger partial charge in [-0.1, -0.05) is 41.2 Å². The molecule has 2 aromatic carbocycles. The van der Waals surface area contributed by atoms with Crippen LogP contribution in [-0.2, 0) is 17.8 Å². The van der Waals surface area contributed by atoms with Gasteiger partial charge in [-0.2, -0.15) is 0 Å². The second-order valence-electron chi connectivity index (χ2n) is 6.33. The van der Waals surface area contributed by atoms with Crippen molar-refractivity contribution in [3.8, 4) is 0 Å². The Balaban J connectivity index is 1.66. The van der Waals surface area contributed by atoms with Crippen molar-refractivity contribution in [2.75, 3.05) is 4.90 Å². The number of benzene rings is 2. The fraction of sp³-hybridized carbons (Fsp3) is 0.143. The van der Waals surface area contributed by atoms with Gasteiger partial charge in [-0.05, 0) is 42.8 Å². The SMILES string of the molecule is Cc1ccc(CC(=O)N(Cc2ccco2)c2nc3ccc(F)cc3s2)cc1. The van der Waals surface area contributed by atoms with Gasteiger partial charge in [0.15, 0.2) is 5.13 Å². The van der Waals surface area contributed by atoms with E-state index >= 15 is 0 Å². The second-order valence-corrected chi connectivity index (χ2v) is 7.34. The van der Waals surface area contributed by atoms with Gasteiger partial charge in [0.25, 0.3) is 0 Å². The number of fused-ring (bicyclic) bond motifs is 1. The first-order chi connectivity index (χ1) is 13.1. The lowest BCUT2D eigenvalue weighted by atomic mass is 10.1. The number of aryl methyl sites for hydroxylation is 1. The number of carbonyl (C=O) groups excluding carboxylic acids is 1. The third-order valence-corrected chi connectivity index (χ3v) is 5.28. The second kappa shape index (κ2) is 7.32. The Labute approximate surface area is 159 Å². The molecule has 2 aromatic heterocycles. The van der Waals surface area contributed by atoms with Gasteiger partial charge in [0.1, 0.15) is 11.6 Å². The summed E-state index contributed by atoms with van der Waals surface area (Å²) in [6, 6.07) is 15.9. The van der Waals surface area contributed by atoms with Crippen LogP contribution >= 0.6 is 11.3 Å². The van der Waals surface area contributed by atoms with E-state index in [0.717, 1.165) is 11.1 Å². The molecule has 0 aliphatic carbocycles. The lowest BCUT2D eigenvalue weighted by molar-refractivity contribution is -0.118. The maximum absolute atomic E-state index is 13.5. The number of amides is 1. The minimum absolute atomic E-state index is 0.0882. The molecule has 4 rings (SSSR count). The number of carbonyl (C=O) groups is 1. The number of halogens is 1. The van der Waals surface area contributed by atoms with E-state index < -0.39 is 0 Å². The van der Waals surface area contributed by atoms with Crippen LogP contribution in [0.3, 0.4) is 0 Å². The molecule has 0 unspecified atom stereocenters. The van der Waals surface area contributed by atoms with Gasteiger partial charge >= 0.3 is 0 Å². The lowest BCUT2D eigenvalue weighted by Gasteiger charge is -2.18. The Morgan fingerprint density at radius 3 is 2.74 bits per heavy atom. The molecule has 0 bridgehead atoms. The topological polar surface area (TPSA) is 46.3 Å². The summed E-state index contributed by atoms with van der Waals surface area (Å²) in [7, 11) is 0. The van der Waals surface area contributed by atoms with Crippen molar-refractivity contribution in [2.24, 2.45) is 0 Å². The highest BCUT2D eigenvalue weighted by molar-refractivity contribution is 7.22. The van der Waals surface area contributed by atoms with Crippen molar-refractivity contribution in [1.82, 2.24) is 4.98 Å². The van der Waals surface area contributed by atoms with Crippen molar-refractivity contribution >= 4 is 32.6 Å². The number of rotatable bonds is 5. The van der Waals surface area contributed by atoms with Crippen LogP contribution in [0.4, 0.5) is 9.52 Å². The third kappa shape index (κ3) is 3.90. The quantitative estimate of drug-likeness (QED) is 0.483. The number of hydrogen-bond donors (Lipinski definition) is 0. The highest BCUT2D eigenvalue weighted by Crippen LogP contribution is 2.31. The van der Waals surface area contributed by atoms with Gasteiger partial charge in [0.2, 0.25) is 5.91 Å². The molecule has 27 heavy (non-hydrogen) atoms. The van der Waals surface area contributed by atoms with Gasteiger partial charge in [-0.15, -0.1) is 0 Å². The molecule has 4 aromatic rings. The first-order valence-electron chi connectivity index (χ1n) is 8.53. The molecule has 0 radical (unpaired) electrons. The monoisotopic (exact) mass is 380 g/mol. The summed E-state index contributed by atoms with van der Waals surface area (Å²) in [6.07, 6.45) is 1.83. The predicted octanol–water partition coefficient (Wildman–Crippen LogP) is 5.11. The standard InChI is InChI=1S/C21H17FN2O2S/c1-14-4-6-15(7-5-14)11-20(25)24(13-17-3-2-10-26-17)21-23-18-9-8-16(22)12-19(18)27-21/h2-10,12H,11,13H2,1H3. The van der Waals surface area contributed by atoms with Gasteiger partial charge < -0.3 is 4.42 Å². The van der Waals surface area contributed by atoms with E-state index in [1.165, 1.54) is 23.5 Å². The summed E-state index contributed by atoms with van der Waals surface area (Å²) in [5, 5.41) is 0.532. The van der Waals surface area contributed by atoms with Gasteiger partial charge in [0, 0.05) is 0 Å². The molecule has 0 fully saturated rings. The molecule has 4 nitrogen and oxygen atoms in total. The molecular formula is C21H17FN2O2S. The largest absolute Gasteiger partial charge is 0.467 e. The Morgan fingerprint density at radius 2 is 2.00 bits per heavy atom. The Bertz CT molecular complexity index is 1070. The first kappa shape index (κ1) is 17.4. The van der Waals surface area contributed by atoms with Crippen molar-refractivity contribution in [3.05, 3.63) is 83.6 Å². The molecule has 0 saturated carbocycles. The van der Waals surface area contributed by atoms with E-state index in [1.807, 2.05) is 37.3 Å². The smallest absolute Gasteiger partial charge is 0.233 e. The number of nitrogens with zero attached hydrogens (tertiary/aromatic N) is 2. The summed E-state index contributed by atoms with van der Waals surface area (Å²) in [6.45, 7) is 2.29. The lowest BCUT2D eigenvalue weighted by Crippen LogP contribution is -2.31. The molecule has 0 aliphatic heterocycles. The van der Waals surface area contributed by atoms with Crippen LogP contribution in [0.15, 0.2) is 65.3 Å². The van der Waals surface area contributed by atoms with Gasteiger partial charge in [-0.3, -0.25) is 9.69 Å². The number of furan rings is 1. The third-order valence-electron chi connectivity index (χ3n) is 4.24. The number of anilines is 1. The highest BCUT2D eigenvalue weighted by Gasteiger charge is 2.21. The van der Waals surface area contributed by atoms with Crippen molar-refractivity contribution in [3.63, 3.8) is 0 Å². The average molecular weight is 380 g/mol. The van der Waals surface area contributed by atoms with Crippen molar-refractivity contribution in [2.45, 2.75) is 19.9 Å². The Kier molecular flexibility index (Phi) is 4.73. The molecule has 0 N–H and O–H groups in total. The van der Waals surface area contributed by atoms with Crippen molar-refractivity contribution < 1.29 is 13.6 Å². The Morgan fingerprint density at radius 1 is 1.19 bits per heavy atom. The van der Waals surface area contributed by atoms with E-state index in [1.54, 1.807) is 23.3 Å². The zero-order valence-electron chi connectivity index (χ0n) is 14.7. The maximum Gasteiger partial charge on any atom is 0.233 e. The van der Waals surface area contributed by atoms with Crippen LogP contribution in [-0.4, -0.2) is 10.9 Å². The minimum Gasteiger partial charge on any atom is -0.467 e. The van der Waals surface area contributed by atoms with Crippen LogP contribution < -0.4 is 4.90 Å². The molecule has 0 spiro atoms. The van der Waals surface area contributed by atoms with Crippen LogP contribution in [0, 0.1) is 12.7 Å². The summed E-state index contributed by atoms with van der Waals surface area (Å²) >= 11 is 1.30. The summed E-state index contributed by atoms with van der Waals surface area (Å²) in [5.41, 5.74) is 2.75. The maximum atomic E-state index is 13.5. The molecular weight excluding hydrogens is 363 g/mol. The number of hydrogen-bond acceptors (Lipinski definition) is 4. The van der Waals surface area contributed by atoms with Crippen molar-refractivity contribution in [1.29, 1.82) is 0 Å². The van der Waals surface area contributed by atoms with E-state index in [-0.39, 0.29) is 24.7 Å². The van der Waals surface area contributed by atoms with Crippen LogP contribution in [0.2, 0.25) is 0 Å². The zero-order chi connectivity index (χ0) is 18.8. The average Bonchev–Trinajstić information content (AvgIpc) is 3.30. The fourth-order valence-corrected chi connectivity index (χ4v) is 3.81. The summed E-state index contributed by atoms with van der Waals surface area (Å²) in [5.74, 6) is 0.258. The Hall–Kier alpha value is -2.99. The highest BCUT2D eigenvalue weighted by atomic mass is 32.1. The van der Waals surface area contributed by atoms with Crippen LogP contribution in [0.5, 0.6) is 0 Å². The summed E-state index contributed by atoms with van der Waals surface area (Å²) in [4.78, 5) is 19.2. The van der Waals surface area contributed by atoms with Crippen LogP contribution in [0.1, 0.15) is 16.9 Å². The van der Waals surface area contributed by atoms with E-state index in [4.69, 9.17) is 4.42 Å². The molecule has 136 valence electrons. The normalized spacial score (nSPS) is 11.0. The van der Waals surface area contributed by atoms with E-state index in [2.05, 4.69) is 4.98 Å². The van der Waals surface area contributed by atoms with Crippen LogP contribution in [0.25, 0.3) is 10.2 Å². The molecule has 0 atom stereocenters. The fourth-order valence-electron chi connectivity index (χ4n) is 2.80. The molecule has 0 saturated heterocycles. The predicted molar refractivity (Wildman–Crippen MR) is 104 cm³/mol. The van der Waals surface area contributed by atoms with Gasteiger partial charge in [-0.25, -0.2) is 9.37 Å². The van der Waals surface area contributed by atoms with E-state index in [9.17, 15) is 9.18 Å². The molecule has 1 amide bonds. The van der Waals surface area contributed by atoms with Gasteiger partial charge in [0.05, 0.1) is 29.4 Å². The first-order valence-corrected chi connectivity index (χ1v) is 9.34. The molecule has 2 heterocycles. The van der Waals surface area contributed by atoms with E-state index in [0.29, 0.717) is 21.1 Å².